The Morgan fingerprint density at radius 3 is 2.89 bits per heavy atom. The van der Waals surface area contributed by atoms with Gasteiger partial charge >= 0.3 is 0 Å². The van der Waals surface area contributed by atoms with Crippen molar-refractivity contribution < 1.29 is 4.79 Å². The summed E-state index contributed by atoms with van der Waals surface area (Å²) in [5, 5.41) is 6.78. The second-order valence-electron chi connectivity index (χ2n) is 6.93. The Labute approximate surface area is 167 Å². The average Bonchev–Trinajstić information content (AvgIpc) is 3.21. The van der Waals surface area contributed by atoms with Crippen molar-refractivity contribution in [1.82, 2.24) is 20.5 Å². The Morgan fingerprint density at radius 1 is 1.25 bits per heavy atom. The standard InChI is InChI=1S/C22H29N5O/c1-3-21(28)27-13-11-19(16-27)26-22(23-4-2)25-15-17-8-7-9-18(14-17)20-10-5-6-12-24-20/h5-10,12,14,19H,3-4,11,13,15-16H2,1-2H3,(H2,23,25,26). The molecule has 1 aromatic carbocycles. The van der Waals surface area contributed by atoms with Gasteiger partial charge in [0, 0.05) is 43.9 Å². The molecule has 0 spiro atoms. The van der Waals surface area contributed by atoms with Gasteiger partial charge in [-0.05, 0) is 37.1 Å². The van der Waals surface area contributed by atoms with Crippen LogP contribution in [0.4, 0.5) is 0 Å². The van der Waals surface area contributed by atoms with Gasteiger partial charge in [0.05, 0.1) is 12.2 Å². The molecule has 28 heavy (non-hydrogen) atoms. The molecule has 6 heteroatoms. The molecule has 1 saturated heterocycles. The number of hydrogen-bond acceptors (Lipinski definition) is 3. The number of hydrogen-bond donors (Lipinski definition) is 2. The molecule has 1 unspecified atom stereocenters. The quantitative estimate of drug-likeness (QED) is 0.598. The van der Waals surface area contributed by atoms with Gasteiger partial charge in [-0.1, -0.05) is 31.2 Å². The summed E-state index contributed by atoms with van der Waals surface area (Å²) in [6.45, 7) is 6.90. The molecule has 3 rings (SSSR count). The average molecular weight is 380 g/mol. The lowest BCUT2D eigenvalue weighted by Crippen LogP contribution is -2.45. The number of benzene rings is 1. The summed E-state index contributed by atoms with van der Waals surface area (Å²) in [7, 11) is 0. The first-order valence-electron chi connectivity index (χ1n) is 10.0. The molecule has 0 radical (unpaired) electrons. The van der Waals surface area contributed by atoms with E-state index in [4.69, 9.17) is 4.99 Å². The molecule has 1 aliphatic rings. The number of rotatable bonds is 6. The summed E-state index contributed by atoms with van der Waals surface area (Å²) in [6.07, 6.45) is 3.32. The number of nitrogens with one attached hydrogen (secondary N) is 2. The van der Waals surface area contributed by atoms with Crippen LogP contribution in [0.25, 0.3) is 11.3 Å². The fourth-order valence-corrected chi connectivity index (χ4v) is 3.37. The van der Waals surface area contributed by atoms with E-state index in [1.54, 1.807) is 0 Å². The summed E-state index contributed by atoms with van der Waals surface area (Å²) in [6, 6.07) is 14.5. The van der Waals surface area contributed by atoms with Crippen molar-refractivity contribution in [2.75, 3.05) is 19.6 Å². The van der Waals surface area contributed by atoms with E-state index in [0.29, 0.717) is 13.0 Å². The molecular formula is C22H29N5O. The zero-order chi connectivity index (χ0) is 19.8. The molecule has 1 aromatic heterocycles. The number of aliphatic imine (C=N–C) groups is 1. The molecule has 6 nitrogen and oxygen atoms in total. The van der Waals surface area contributed by atoms with E-state index in [-0.39, 0.29) is 11.9 Å². The van der Waals surface area contributed by atoms with Gasteiger partial charge in [-0.2, -0.15) is 0 Å². The van der Waals surface area contributed by atoms with E-state index in [9.17, 15) is 4.79 Å². The minimum atomic E-state index is 0.220. The zero-order valence-electron chi connectivity index (χ0n) is 16.7. The highest BCUT2D eigenvalue weighted by molar-refractivity contribution is 5.80. The van der Waals surface area contributed by atoms with Crippen LogP contribution in [0.5, 0.6) is 0 Å². The van der Waals surface area contributed by atoms with Crippen LogP contribution in [0.2, 0.25) is 0 Å². The van der Waals surface area contributed by atoms with Crippen molar-refractivity contribution in [1.29, 1.82) is 0 Å². The minimum Gasteiger partial charge on any atom is -0.357 e. The van der Waals surface area contributed by atoms with Gasteiger partial charge in [-0.25, -0.2) is 4.99 Å². The lowest BCUT2D eigenvalue weighted by Gasteiger charge is -2.18. The van der Waals surface area contributed by atoms with Crippen LogP contribution in [0.1, 0.15) is 32.3 Å². The van der Waals surface area contributed by atoms with E-state index in [1.807, 2.05) is 42.3 Å². The fourth-order valence-electron chi connectivity index (χ4n) is 3.37. The van der Waals surface area contributed by atoms with Crippen LogP contribution in [0, 0.1) is 0 Å². The monoisotopic (exact) mass is 379 g/mol. The molecule has 2 aromatic rings. The van der Waals surface area contributed by atoms with Gasteiger partial charge in [-0.15, -0.1) is 0 Å². The molecule has 2 heterocycles. The molecule has 2 N–H and O–H groups in total. The second-order valence-corrected chi connectivity index (χ2v) is 6.93. The van der Waals surface area contributed by atoms with E-state index in [0.717, 1.165) is 48.8 Å². The lowest BCUT2D eigenvalue weighted by molar-refractivity contribution is -0.129. The summed E-state index contributed by atoms with van der Waals surface area (Å²) >= 11 is 0. The number of guanidine groups is 1. The van der Waals surface area contributed by atoms with Crippen LogP contribution in [0.3, 0.4) is 0 Å². The number of pyridine rings is 1. The van der Waals surface area contributed by atoms with Gasteiger partial charge in [0.15, 0.2) is 5.96 Å². The highest BCUT2D eigenvalue weighted by atomic mass is 16.2. The van der Waals surface area contributed by atoms with Crippen molar-refractivity contribution in [2.24, 2.45) is 4.99 Å². The first-order chi connectivity index (χ1) is 13.7. The number of carbonyl (C=O) groups is 1. The third-order valence-corrected chi connectivity index (χ3v) is 4.84. The number of carbonyl (C=O) groups excluding carboxylic acids is 1. The Kier molecular flexibility index (Phi) is 7.00. The van der Waals surface area contributed by atoms with Gasteiger partial charge in [0.25, 0.3) is 0 Å². The predicted octanol–water partition coefficient (Wildman–Crippen LogP) is 2.81. The molecular weight excluding hydrogens is 350 g/mol. The van der Waals surface area contributed by atoms with Crippen LogP contribution >= 0.6 is 0 Å². The van der Waals surface area contributed by atoms with Crippen molar-refractivity contribution in [3.63, 3.8) is 0 Å². The molecule has 0 aliphatic carbocycles. The molecule has 1 atom stereocenters. The first kappa shape index (κ1) is 19.9. The summed E-state index contributed by atoms with van der Waals surface area (Å²) in [5.74, 6) is 1.01. The van der Waals surface area contributed by atoms with Crippen molar-refractivity contribution >= 4 is 11.9 Å². The number of amides is 1. The van der Waals surface area contributed by atoms with E-state index in [2.05, 4.69) is 40.7 Å². The van der Waals surface area contributed by atoms with E-state index in [1.165, 1.54) is 0 Å². The predicted molar refractivity (Wildman–Crippen MR) is 113 cm³/mol. The van der Waals surface area contributed by atoms with E-state index >= 15 is 0 Å². The molecule has 1 fully saturated rings. The SMILES string of the molecule is CCNC(=NCc1cccc(-c2ccccn2)c1)NC1CCN(C(=O)CC)C1. The number of nitrogens with zero attached hydrogens (tertiary/aromatic N) is 3. The minimum absolute atomic E-state index is 0.220. The van der Waals surface area contributed by atoms with Gasteiger partial charge in [0.2, 0.25) is 5.91 Å². The second kappa shape index (κ2) is 9.88. The first-order valence-corrected chi connectivity index (χ1v) is 10.0. The molecule has 1 amide bonds. The molecule has 148 valence electrons. The largest absolute Gasteiger partial charge is 0.357 e. The van der Waals surface area contributed by atoms with Crippen LogP contribution in [-0.2, 0) is 11.3 Å². The third kappa shape index (κ3) is 5.31. The Morgan fingerprint density at radius 2 is 2.14 bits per heavy atom. The molecule has 0 saturated carbocycles. The lowest BCUT2D eigenvalue weighted by atomic mass is 10.1. The number of likely N-dealkylation sites (tertiary alicyclic amines) is 1. The molecule has 0 bridgehead atoms. The maximum atomic E-state index is 11.9. The van der Waals surface area contributed by atoms with Gasteiger partial charge in [-0.3, -0.25) is 9.78 Å². The fraction of sp³-hybridized carbons (Fsp3) is 0.409. The zero-order valence-corrected chi connectivity index (χ0v) is 16.7. The van der Waals surface area contributed by atoms with Gasteiger partial charge in [0.1, 0.15) is 0 Å². The highest BCUT2D eigenvalue weighted by Crippen LogP contribution is 2.18. The Bertz CT molecular complexity index is 806. The Balaban J connectivity index is 1.64. The summed E-state index contributed by atoms with van der Waals surface area (Å²) in [5.41, 5.74) is 3.19. The van der Waals surface area contributed by atoms with Crippen LogP contribution in [0.15, 0.2) is 53.7 Å². The summed E-state index contributed by atoms with van der Waals surface area (Å²) in [4.78, 5) is 23.0. The van der Waals surface area contributed by atoms with E-state index < -0.39 is 0 Å². The highest BCUT2D eigenvalue weighted by Gasteiger charge is 2.25. The van der Waals surface area contributed by atoms with Gasteiger partial charge < -0.3 is 15.5 Å². The van der Waals surface area contributed by atoms with Crippen molar-refractivity contribution in [3.05, 3.63) is 54.2 Å². The maximum absolute atomic E-state index is 11.9. The normalized spacial score (nSPS) is 16.9. The number of aromatic nitrogens is 1. The van der Waals surface area contributed by atoms with Crippen LogP contribution in [-0.4, -0.2) is 47.4 Å². The topological polar surface area (TPSA) is 69.6 Å². The Hall–Kier alpha value is -2.89. The molecule has 1 aliphatic heterocycles. The third-order valence-electron chi connectivity index (χ3n) is 4.84. The van der Waals surface area contributed by atoms with Crippen molar-refractivity contribution in [3.8, 4) is 11.3 Å². The smallest absolute Gasteiger partial charge is 0.222 e. The summed E-state index contributed by atoms with van der Waals surface area (Å²) < 4.78 is 0. The maximum Gasteiger partial charge on any atom is 0.222 e. The van der Waals surface area contributed by atoms with Crippen LogP contribution < -0.4 is 10.6 Å². The van der Waals surface area contributed by atoms with Crippen molar-refractivity contribution in [2.45, 2.75) is 39.3 Å².